The summed E-state index contributed by atoms with van der Waals surface area (Å²) < 4.78 is 0. The predicted octanol–water partition coefficient (Wildman–Crippen LogP) is 0.971. The van der Waals surface area contributed by atoms with E-state index in [1.807, 2.05) is 24.3 Å². The average molecular weight is 164 g/mol. The molecule has 0 heterocycles. The summed E-state index contributed by atoms with van der Waals surface area (Å²) in [5, 5.41) is 6.84. The van der Waals surface area contributed by atoms with Crippen molar-refractivity contribution in [1.29, 1.82) is 0 Å². The smallest absolute Gasteiger partial charge is 0.0870 e. The minimum Gasteiger partial charge on any atom is -0.326 e. The van der Waals surface area contributed by atoms with Gasteiger partial charge in [0.2, 0.25) is 0 Å². The summed E-state index contributed by atoms with van der Waals surface area (Å²) >= 11 is 0. The van der Waals surface area contributed by atoms with Crippen LogP contribution in [0.4, 0.5) is 0 Å². The minimum absolute atomic E-state index is 0.529. The van der Waals surface area contributed by atoms with Crippen molar-refractivity contribution >= 4 is 0 Å². The van der Waals surface area contributed by atoms with Gasteiger partial charge in [0, 0.05) is 6.54 Å². The fourth-order valence-corrected chi connectivity index (χ4v) is 0.903. The van der Waals surface area contributed by atoms with Crippen LogP contribution in [0, 0.1) is 0 Å². The van der Waals surface area contributed by atoms with E-state index in [1.165, 1.54) is 0 Å². The average Bonchev–Trinajstić information content (AvgIpc) is 2.15. The zero-order chi connectivity index (χ0) is 8.81. The van der Waals surface area contributed by atoms with Gasteiger partial charge in [0.15, 0.2) is 0 Å². The van der Waals surface area contributed by atoms with Crippen LogP contribution in [0.1, 0.15) is 11.1 Å². The van der Waals surface area contributed by atoms with Gasteiger partial charge in [0.1, 0.15) is 0 Å². The van der Waals surface area contributed by atoms with Gasteiger partial charge in [-0.25, -0.2) is 0 Å². The largest absolute Gasteiger partial charge is 0.326 e. The van der Waals surface area contributed by atoms with Gasteiger partial charge in [-0.15, -0.1) is 0 Å². The highest BCUT2D eigenvalue weighted by atomic mass is 15.3. The molecule has 1 aromatic rings. The highest BCUT2D eigenvalue weighted by Gasteiger charge is 1.91. The molecule has 0 aliphatic heterocycles. The maximum atomic E-state index is 5.44. The van der Waals surface area contributed by atoms with Crippen molar-refractivity contribution in [2.45, 2.75) is 13.1 Å². The number of hydrogen-bond acceptors (Lipinski definition) is 3. The first-order chi connectivity index (χ1) is 5.86. The number of benzene rings is 1. The lowest BCUT2D eigenvalue weighted by Gasteiger charge is -1.97. The van der Waals surface area contributed by atoms with E-state index in [0.29, 0.717) is 13.1 Å². The third-order valence-electron chi connectivity index (χ3n) is 1.59. The first-order valence-electron chi connectivity index (χ1n) is 3.71. The van der Waals surface area contributed by atoms with Crippen LogP contribution in [0.3, 0.4) is 0 Å². The number of hydrogen-bond donors (Lipinski definition) is 2. The van der Waals surface area contributed by atoms with Crippen molar-refractivity contribution < 1.29 is 0 Å². The number of rotatable bonds is 3. The van der Waals surface area contributed by atoms with Crippen molar-refractivity contribution in [3.8, 4) is 0 Å². The fraction of sp³-hybridized carbons (Fsp3) is 0.250. The molecule has 0 saturated heterocycles. The van der Waals surface area contributed by atoms with Gasteiger partial charge in [0.05, 0.1) is 6.54 Å². The molecule has 4 N–H and O–H groups in total. The summed E-state index contributed by atoms with van der Waals surface area (Å²) in [6.45, 7) is 1.10. The van der Waals surface area contributed by atoms with E-state index in [4.69, 9.17) is 11.6 Å². The molecule has 0 saturated carbocycles. The molecule has 1 rings (SSSR count). The summed E-state index contributed by atoms with van der Waals surface area (Å²) in [4.78, 5) is 0. The van der Waals surface area contributed by atoms with Crippen molar-refractivity contribution in [2.24, 2.45) is 21.9 Å². The number of nitrogens with two attached hydrogens (primary N) is 2. The molecule has 0 aliphatic carbocycles. The standard InChI is InChI=1S/C8H12N4/c9-5-7-1-3-8(4-2-7)6-11-12-10/h1-4H,5-6,9H2,(H2,10,11). The Morgan fingerprint density at radius 3 is 2.17 bits per heavy atom. The molecule has 0 unspecified atom stereocenters. The van der Waals surface area contributed by atoms with Crippen LogP contribution in [0.25, 0.3) is 0 Å². The second-order valence-electron chi connectivity index (χ2n) is 2.44. The summed E-state index contributed by atoms with van der Waals surface area (Å²) in [5.74, 6) is 4.87. The van der Waals surface area contributed by atoms with Gasteiger partial charge in [-0.2, -0.15) is 5.11 Å². The van der Waals surface area contributed by atoms with E-state index in [2.05, 4.69) is 10.3 Å². The van der Waals surface area contributed by atoms with Crippen molar-refractivity contribution in [3.05, 3.63) is 35.4 Å². The molecule has 1 aromatic carbocycles. The zero-order valence-corrected chi connectivity index (χ0v) is 6.77. The van der Waals surface area contributed by atoms with Gasteiger partial charge in [-0.05, 0) is 11.1 Å². The summed E-state index contributed by atoms with van der Waals surface area (Å²) in [6, 6.07) is 7.89. The van der Waals surface area contributed by atoms with Gasteiger partial charge in [-0.1, -0.05) is 29.5 Å². The highest BCUT2D eigenvalue weighted by Crippen LogP contribution is 2.04. The molecular weight excluding hydrogens is 152 g/mol. The van der Waals surface area contributed by atoms with Crippen LogP contribution in [0.5, 0.6) is 0 Å². The molecule has 0 bridgehead atoms. The Hall–Kier alpha value is -1.42. The van der Waals surface area contributed by atoms with E-state index in [0.717, 1.165) is 11.1 Å². The predicted molar refractivity (Wildman–Crippen MR) is 47.1 cm³/mol. The minimum atomic E-state index is 0.529. The van der Waals surface area contributed by atoms with Gasteiger partial charge < -0.3 is 11.6 Å². The topological polar surface area (TPSA) is 76.8 Å². The molecule has 12 heavy (non-hydrogen) atoms. The third-order valence-corrected chi connectivity index (χ3v) is 1.59. The molecule has 0 spiro atoms. The maximum Gasteiger partial charge on any atom is 0.0870 e. The van der Waals surface area contributed by atoms with E-state index in [1.54, 1.807) is 0 Å². The Bertz CT molecular complexity index is 252. The SMILES string of the molecule is NCc1ccc(CN=NN)cc1. The molecule has 4 heteroatoms. The zero-order valence-electron chi connectivity index (χ0n) is 6.77. The van der Waals surface area contributed by atoms with Gasteiger partial charge >= 0.3 is 0 Å². The normalized spacial score (nSPS) is 10.8. The Morgan fingerprint density at radius 1 is 1.08 bits per heavy atom. The lowest BCUT2D eigenvalue weighted by Crippen LogP contribution is -1.95. The Labute approximate surface area is 71.3 Å². The first kappa shape index (κ1) is 8.67. The number of nitrogens with zero attached hydrogens (tertiary/aromatic N) is 2. The van der Waals surface area contributed by atoms with Gasteiger partial charge in [0.25, 0.3) is 0 Å². The van der Waals surface area contributed by atoms with Crippen molar-refractivity contribution in [1.82, 2.24) is 0 Å². The lowest BCUT2D eigenvalue weighted by molar-refractivity contribution is 0.891. The van der Waals surface area contributed by atoms with E-state index in [-0.39, 0.29) is 0 Å². The second kappa shape index (κ2) is 4.46. The summed E-state index contributed by atoms with van der Waals surface area (Å²) in [7, 11) is 0. The van der Waals surface area contributed by atoms with Crippen LogP contribution >= 0.6 is 0 Å². The first-order valence-corrected chi connectivity index (χ1v) is 3.71. The van der Waals surface area contributed by atoms with E-state index >= 15 is 0 Å². The van der Waals surface area contributed by atoms with E-state index in [9.17, 15) is 0 Å². The molecule has 0 atom stereocenters. The quantitative estimate of drug-likeness (QED) is 0.396. The summed E-state index contributed by atoms with van der Waals surface area (Å²) in [6.07, 6.45) is 0. The Kier molecular flexibility index (Phi) is 3.22. The van der Waals surface area contributed by atoms with Gasteiger partial charge in [-0.3, -0.25) is 0 Å². The maximum absolute atomic E-state index is 5.44. The van der Waals surface area contributed by atoms with E-state index < -0.39 is 0 Å². The molecule has 0 aromatic heterocycles. The van der Waals surface area contributed by atoms with Crippen LogP contribution < -0.4 is 11.6 Å². The Balaban J connectivity index is 2.64. The molecule has 0 amide bonds. The molecular formula is C8H12N4. The molecule has 4 nitrogen and oxygen atoms in total. The molecule has 64 valence electrons. The van der Waals surface area contributed by atoms with Crippen LogP contribution in [0.2, 0.25) is 0 Å². The monoisotopic (exact) mass is 164 g/mol. The van der Waals surface area contributed by atoms with Crippen molar-refractivity contribution in [2.75, 3.05) is 0 Å². The van der Waals surface area contributed by atoms with Crippen molar-refractivity contribution in [3.63, 3.8) is 0 Å². The highest BCUT2D eigenvalue weighted by molar-refractivity contribution is 5.22. The van der Waals surface area contributed by atoms with Crippen LogP contribution in [-0.2, 0) is 13.1 Å². The molecule has 0 aliphatic rings. The Morgan fingerprint density at radius 2 is 1.67 bits per heavy atom. The lowest BCUT2D eigenvalue weighted by atomic mass is 10.1. The fourth-order valence-electron chi connectivity index (χ4n) is 0.903. The van der Waals surface area contributed by atoms with Crippen LogP contribution in [-0.4, -0.2) is 0 Å². The summed E-state index contributed by atoms with van der Waals surface area (Å²) in [5.41, 5.74) is 7.64. The molecule has 0 fully saturated rings. The van der Waals surface area contributed by atoms with Crippen LogP contribution in [0.15, 0.2) is 34.6 Å². The second-order valence-corrected chi connectivity index (χ2v) is 2.44. The third kappa shape index (κ3) is 2.32. The molecule has 0 radical (unpaired) electrons.